The number of hydrogen-bond acceptors (Lipinski definition) is 2. The summed E-state index contributed by atoms with van der Waals surface area (Å²) in [6.45, 7) is 8.87. The van der Waals surface area contributed by atoms with Crippen molar-refractivity contribution in [2.24, 2.45) is 5.92 Å². The molecule has 0 heterocycles. The second-order valence-corrected chi connectivity index (χ2v) is 4.18. The Hall–Kier alpha value is -1.26. The zero-order valence-electron chi connectivity index (χ0n) is 10.5. The molecule has 2 N–H and O–H groups in total. The third kappa shape index (κ3) is 5.00. The molecule has 0 aliphatic heterocycles. The van der Waals surface area contributed by atoms with Gasteiger partial charge < -0.3 is 15.3 Å². The van der Waals surface area contributed by atoms with E-state index < -0.39 is 12.0 Å². The molecule has 0 radical (unpaired) electrons. The van der Waals surface area contributed by atoms with Crippen molar-refractivity contribution in [3.05, 3.63) is 0 Å². The minimum absolute atomic E-state index is 0.301. The van der Waals surface area contributed by atoms with Gasteiger partial charge in [0.05, 0.1) is 0 Å². The number of carbonyl (C=O) groups excluding carboxylic acids is 1. The van der Waals surface area contributed by atoms with Crippen molar-refractivity contribution < 1.29 is 14.7 Å². The van der Waals surface area contributed by atoms with E-state index in [2.05, 4.69) is 5.32 Å². The molecule has 0 bridgehead atoms. The zero-order chi connectivity index (χ0) is 12.7. The predicted octanol–water partition coefficient (Wildman–Crippen LogP) is 1.54. The molecule has 0 fully saturated rings. The first-order valence-electron chi connectivity index (χ1n) is 5.70. The van der Waals surface area contributed by atoms with Crippen LogP contribution in [0.1, 0.15) is 34.1 Å². The van der Waals surface area contributed by atoms with Gasteiger partial charge >= 0.3 is 12.0 Å². The van der Waals surface area contributed by atoms with E-state index in [0.717, 1.165) is 0 Å². The Labute approximate surface area is 96.8 Å². The van der Waals surface area contributed by atoms with E-state index in [1.165, 1.54) is 0 Å². The van der Waals surface area contributed by atoms with Crippen LogP contribution in [0, 0.1) is 5.92 Å². The summed E-state index contributed by atoms with van der Waals surface area (Å²) in [6, 6.07) is -1.10. The topological polar surface area (TPSA) is 69.6 Å². The summed E-state index contributed by atoms with van der Waals surface area (Å²) in [7, 11) is 0. The van der Waals surface area contributed by atoms with Crippen LogP contribution in [0.25, 0.3) is 0 Å². The molecule has 0 saturated heterocycles. The molecule has 1 atom stereocenters. The van der Waals surface area contributed by atoms with Crippen LogP contribution < -0.4 is 5.32 Å². The van der Waals surface area contributed by atoms with Gasteiger partial charge in [0, 0.05) is 13.1 Å². The van der Waals surface area contributed by atoms with E-state index in [0.29, 0.717) is 25.4 Å². The minimum Gasteiger partial charge on any atom is -0.480 e. The van der Waals surface area contributed by atoms with E-state index in [4.69, 9.17) is 5.11 Å². The van der Waals surface area contributed by atoms with Crippen molar-refractivity contribution in [2.45, 2.75) is 40.2 Å². The van der Waals surface area contributed by atoms with Gasteiger partial charge in [0.2, 0.25) is 0 Å². The standard InChI is InChI=1S/C11H22N2O3/c1-5-9(10(14)15)12-11(16)13(6-2)7-8(3)4/h8-9H,5-7H2,1-4H3,(H,12,16)(H,14,15). The molecule has 16 heavy (non-hydrogen) atoms. The summed E-state index contributed by atoms with van der Waals surface area (Å²) in [4.78, 5) is 24.1. The highest BCUT2D eigenvalue weighted by Crippen LogP contribution is 2.00. The fourth-order valence-corrected chi connectivity index (χ4v) is 1.38. The van der Waals surface area contributed by atoms with Crippen molar-refractivity contribution in [1.82, 2.24) is 10.2 Å². The number of nitrogens with zero attached hydrogens (tertiary/aromatic N) is 1. The summed E-state index contributed by atoms with van der Waals surface area (Å²) in [5.74, 6) is -0.618. The van der Waals surface area contributed by atoms with E-state index in [1.54, 1.807) is 11.8 Å². The van der Waals surface area contributed by atoms with Gasteiger partial charge in [0.25, 0.3) is 0 Å². The number of urea groups is 1. The third-order valence-corrected chi connectivity index (χ3v) is 2.26. The van der Waals surface area contributed by atoms with Gasteiger partial charge in [-0.2, -0.15) is 0 Å². The lowest BCUT2D eigenvalue weighted by Gasteiger charge is -2.25. The van der Waals surface area contributed by atoms with Gasteiger partial charge in [-0.05, 0) is 19.3 Å². The number of nitrogens with one attached hydrogen (secondary N) is 1. The molecule has 0 rings (SSSR count). The summed E-state index contributed by atoms with van der Waals surface area (Å²) >= 11 is 0. The number of rotatable bonds is 6. The molecule has 0 spiro atoms. The third-order valence-electron chi connectivity index (χ3n) is 2.26. The van der Waals surface area contributed by atoms with E-state index in [9.17, 15) is 9.59 Å². The Morgan fingerprint density at radius 2 is 1.88 bits per heavy atom. The van der Waals surface area contributed by atoms with Crippen molar-refractivity contribution in [3.8, 4) is 0 Å². The van der Waals surface area contributed by atoms with Crippen LogP contribution in [0.5, 0.6) is 0 Å². The monoisotopic (exact) mass is 230 g/mol. The Morgan fingerprint density at radius 1 is 1.31 bits per heavy atom. The smallest absolute Gasteiger partial charge is 0.326 e. The first kappa shape index (κ1) is 14.7. The number of carboxylic acids is 1. The number of carbonyl (C=O) groups is 2. The lowest BCUT2D eigenvalue weighted by Crippen LogP contribution is -2.48. The molecule has 0 aromatic carbocycles. The fourth-order valence-electron chi connectivity index (χ4n) is 1.38. The fraction of sp³-hybridized carbons (Fsp3) is 0.818. The second-order valence-electron chi connectivity index (χ2n) is 4.18. The highest BCUT2D eigenvalue weighted by molar-refractivity contribution is 5.82. The molecular formula is C11H22N2O3. The molecule has 0 aromatic rings. The summed E-state index contributed by atoms with van der Waals surface area (Å²) in [6.07, 6.45) is 0.389. The molecule has 0 aliphatic carbocycles. The quantitative estimate of drug-likeness (QED) is 0.727. The van der Waals surface area contributed by atoms with E-state index in [1.807, 2.05) is 20.8 Å². The van der Waals surface area contributed by atoms with Crippen LogP contribution >= 0.6 is 0 Å². The first-order valence-corrected chi connectivity index (χ1v) is 5.70. The molecular weight excluding hydrogens is 208 g/mol. The van der Waals surface area contributed by atoms with Crippen molar-refractivity contribution in [3.63, 3.8) is 0 Å². The van der Waals surface area contributed by atoms with E-state index >= 15 is 0 Å². The Bertz CT molecular complexity index is 241. The molecule has 94 valence electrons. The van der Waals surface area contributed by atoms with Gasteiger partial charge in [0.1, 0.15) is 6.04 Å². The van der Waals surface area contributed by atoms with Gasteiger partial charge in [-0.25, -0.2) is 9.59 Å². The molecule has 5 nitrogen and oxygen atoms in total. The second kappa shape index (κ2) is 7.09. The van der Waals surface area contributed by atoms with Crippen molar-refractivity contribution >= 4 is 12.0 Å². The Morgan fingerprint density at radius 3 is 2.19 bits per heavy atom. The van der Waals surface area contributed by atoms with Crippen LogP contribution in [0.4, 0.5) is 4.79 Å². The maximum absolute atomic E-state index is 11.7. The van der Waals surface area contributed by atoms with E-state index in [-0.39, 0.29) is 6.03 Å². The van der Waals surface area contributed by atoms with Gasteiger partial charge in [-0.15, -0.1) is 0 Å². The molecule has 1 unspecified atom stereocenters. The maximum Gasteiger partial charge on any atom is 0.326 e. The number of hydrogen-bond donors (Lipinski definition) is 2. The average Bonchev–Trinajstić information content (AvgIpc) is 2.21. The average molecular weight is 230 g/mol. The van der Waals surface area contributed by atoms with Crippen LogP contribution in [-0.4, -0.2) is 41.1 Å². The van der Waals surface area contributed by atoms with Crippen LogP contribution in [0.2, 0.25) is 0 Å². The van der Waals surface area contributed by atoms with Crippen LogP contribution in [0.15, 0.2) is 0 Å². The van der Waals surface area contributed by atoms with Crippen LogP contribution in [-0.2, 0) is 4.79 Å². The lowest BCUT2D eigenvalue weighted by molar-refractivity contribution is -0.139. The lowest BCUT2D eigenvalue weighted by atomic mass is 10.2. The van der Waals surface area contributed by atoms with Gasteiger partial charge in [0.15, 0.2) is 0 Å². The highest BCUT2D eigenvalue weighted by atomic mass is 16.4. The summed E-state index contributed by atoms with van der Waals surface area (Å²) < 4.78 is 0. The number of aliphatic carboxylic acids is 1. The Kier molecular flexibility index (Phi) is 6.53. The molecule has 0 aromatic heterocycles. The normalized spacial score (nSPS) is 12.3. The zero-order valence-corrected chi connectivity index (χ0v) is 10.5. The SMILES string of the molecule is CCC(NC(=O)N(CC)CC(C)C)C(=O)O. The summed E-state index contributed by atoms with van der Waals surface area (Å²) in [5, 5.41) is 11.3. The molecule has 2 amide bonds. The Balaban J connectivity index is 4.34. The first-order chi connectivity index (χ1) is 7.42. The summed E-state index contributed by atoms with van der Waals surface area (Å²) in [5.41, 5.74) is 0. The number of amides is 2. The molecule has 0 aliphatic rings. The minimum atomic E-state index is -0.989. The van der Waals surface area contributed by atoms with Gasteiger partial charge in [-0.3, -0.25) is 0 Å². The molecule has 5 heteroatoms. The maximum atomic E-state index is 11.7. The van der Waals surface area contributed by atoms with Gasteiger partial charge in [-0.1, -0.05) is 20.8 Å². The highest BCUT2D eigenvalue weighted by Gasteiger charge is 2.20. The molecule has 0 saturated carbocycles. The van der Waals surface area contributed by atoms with Crippen LogP contribution in [0.3, 0.4) is 0 Å². The largest absolute Gasteiger partial charge is 0.480 e. The van der Waals surface area contributed by atoms with Crippen molar-refractivity contribution in [2.75, 3.05) is 13.1 Å². The van der Waals surface area contributed by atoms with Crippen molar-refractivity contribution in [1.29, 1.82) is 0 Å². The predicted molar refractivity (Wildman–Crippen MR) is 62.3 cm³/mol. The number of carboxylic acid groups (broad SMARTS) is 1.